The van der Waals surface area contributed by atoms with Gasteiger partial charge in [-0.15, -0.1) is 0 Å². The van der Waals surface area contributed by atoms with Crippen LogP contribution in [0.25, 0.3) is 0 Å². The predicted molar refractivity (Wildman–Crippen MR) is 54.2 cm³/mol. The molecule has 0 aromatic carbocycles. The standard InChI is InChI=1S/C10H18F3NO2/c1-6(2)7(3)14(4)8(5-9(15)16)10(11,12)13/h6-8H,5H2,1-4H3,(H,15,16). The Kier molecular flexibility index (Phi) is 5.25. The number of alkyl halides is 3. The van der Waals surface area contributed by atoms with Crippen LogP contribution in [-0.4, -0.2) is 41.3 Å². The van der Waals surface area contributed by atoms with Gasteiger partial charge in [0, 0.05) is 6.04 Å². The highest BCUT2D eigenvalue weighted by Crippen LogP contribution is 2.29. The lowest BCUT2D eigenvalue weighted by atomic mass is 10.0. The van der Waals surface area contributed by atoms with Crippen LogP contribution in [0.15, 0.2) is 0 Å². The van der Waals surface area contributed by atoms with Crippen LogP contribution >= 0.6 is 0 Å². The Labute approximate surface area is 93.2 Å². The van der Waals surface area contributed by atoms with Crippen LogP contribution in [0.1, 0.15) is 27.2 Å². The maximum absolute atomic E-state index is 12.6. The Hall–Kier alpha value is -0.780. The van der Waals surface area contributed by atoms with Gasteiger partial charge in [-0.25, -0.2) is 0 Å². The molecule has 96 valence electrons. The second-order valence-corrected chi connectivity index (χ2v) is 4.31. The number of hydrogen-bond acceptors (Lipinski definition) is 2. The first kappa shape index (κ1) is 15.2. The van der Waals surface area contributed by atoms with E-state index in [9.17, 15) is 18.0 Å². The Bertz CT molecular complexity index is 241. The van der Waals surface area contributed by atoms with Crippen molar-refractivity contribution in [1.82, 2.24) is 4.90 Å². The van der Waals surface area contributed by atoms with E-state index in [1.807, 2.05) is 0 Å². The normalized spacial score (nSPS) is 16.6. The molecule has 0 radical (unpaired) electrons. The van der Waals surface area contributed by atoms with E-state index in [1.165, 1.54) is 7.05 Å². The van der Waals surface area contributed by atoms with Gasteiger partial charge in [-0.3, -0.25) is 9.69 Å². The molecule has 2 atom stereocenters. The fourth-order valence-corrected chi connectivity index (χ4v) is 1.41. The van der Waals surface area contributed by atoms with Crippen LogP contribution in [0.4, 0.5) is 13.2 Å². The lowest BCUT2D eigenvalue weighted by molar-refractivity contribution is -0.193. The highest BCUT2D eigenvalue weighted by molar-refractivity contribution is 5.67. The van der Waals surface area contributed by atoms with Crippen molar-refractivity contribution >= 4 is 5.97 Å². The molecule has 0 heterocycles. The zero-order chi connectivity index (χ0) is 13.1. The van der Waals surface area contributed by atoms with Crippen molar-refractivity contribution in [3.05, 3.63) is 0 Å². The highest BCUT2D eigenvalue weighted by atomic mass is 19.4. The third kappa shape index (κ3) is 4.38. The number of hydrogen-bond donors (Lipinski definition) is 1. The van der Waals surface area contributed by atoms with E-state index in [-0.39, 0.29) is 12.0 Å². The van der Waals surface area contributed by atoms with Gasteiger partial charge >= 0.3 is 12.1 Å². The molecular weight excluding hydrogens is 223 g/mol. The molecule has 0 aliphatic rings. The molecule has 0 fully saturated rings. The van der Waals surface area contributed by atoms with Crippen molar-refractivity contribution in [2.45, 2.75) is 45.5 Å². The van der Waals surface area contributed by atoms with Gasteiger partial charge in [-0.05, 0) is 19.9 Å². The number of aliphatic carboxylic acids is 1. The maximum atomic E-state index is 12.6. The van der Waals surface area contributed by atoms with Crippen LogP contribution in [0.2, 0.25) is 0 Å². The molecule has 0 aliphatic heterocycles. The first-order chi connectivity index (χ1) is 7.07. The molecular formula is C10H18F3NO2. The minimum atomic E-state index is -4.52. The van der Waals surface area contributed by atoms with E-state index in [2.05, 4.69) is 0 Å². The molecule has 0 saturated carbocycles. The molecule has 0 saturated heterocycles. The first-order valence-corrected chi connectivity index (χ1v) is 5.07. The summed E-state index contributed by atoms with van der Waals surface area (Å²) in [4.78, 5) is 11.5. The van der Waals surface area contributed by atoms with E-state index in [0.717, 1.165) is 4.90 Å². The topological polar surface area (TPSA) is 40.5 Å². The molecule has 0 bridgehead atoms. The van der Waals surface area contributed by atoms with Crippen LogP contribution < -0.4 is 0 Å². The maximum Gasteiger partial charge on any atom is 0.404 e. The zero-order valence-electron chi connectivity index (χ0n) is 9.88. The monoisotopic (exact) mass is 241 g/mol. The molecule has 0 rings (SSSR count). The van der Waals surface area contributed by atoms with E-state index >= 15 is 0 Å². The molecule has 6 heteroatoms. The van der Waals surface area contributed by atoms with Crippen molar-refractivity contribution in [3.8, 4) is 0 Å². The molecule has 3 nitrogen and oxygen atoms in total. The lowest BCUT2D eigenvalue weighted by Crippen LogP contribution is -2.50. The second kappa shape index (κ2) is 5.52. The number of carboxylic acid groups (broad SMARTS) is 1. The summed E-state index contributed by atoms with van der Waals surface area (Å²) in [6, 6.07) is -2.26. The number of halogens is 3. The number of nitrogens with zero attached hydrogens (tertiary/aromatic N) is 1. The first-order valence-electron chi connectivity index (χ1n) is 5.07. The number of carboxylic acids is 1. The number of carbonyl (C=O) groups is 1. The Morgan fingerprint density at radius 3 is 2.00 bits per heavy atom. The average molecular weight is 241 g/mol. The Morgan fingerprint density at radius 2 is 1.75 bits per heavy atom. The van der Waals surface area contributed by atoms with Crippen LogP contribution in [-0.2, 0) is 4.79 Å². The number of rotatable bonds is 5. The molecule has 1 N–H and O–H groups in total. The van der Waals surface area contributed by atoms with Gasteiger partial charge in [-0.2, -0.15) is 13.2 Å². The smallest absolute Gasteiger partial charge is 0.404 e. The molecule has 0 aromatic rings. The summed E-state index contributed by atoms with van der Waals surface area (Å²) in [7, 11) is 1.31. The van der Waals surface area contributed by atoms with Crippen molar-refractivity contribution in [2.24, 2.45) is 5.92 Å². The van der Waals surface area contributed by atoms with Crippen LogP contribution in [0.5, 0.6) is 0 Å². The van der Waals surface area contributed by atoms with Crippen molar-refractivity contribution < 1.29 is 23.1 Å². The van der Waals surface area contributed by atoms with Gasteiger partial charge in [0.2, 0.25) is 0 Å². The van der Waals surface area contributed by atoms with E-state index in [0.29, 0.717) is 0 Å². The van der Waals surface area contributed by atoms with Crippen molar-refractivity contribution in [3.63, 3.8) is 0 Å². The van der Waals surface area contributed by atoms with Gasteiger partial charge < -0.3 is 5.11 Å². The van der Waals surface area contributed by atoms with Gasteiger partial charge in [0.15, 0.2) is 0 Å². The minimum Gasteiger partial charge on any atom is -0.481 e. The molecule has 0 aliphatic carbocycles. The summed E-state index contributed by atoms with van der Waals surface area (Å²) < 4.78 is 37.9. The van der Waals surface area contributed by atoms with E-state index in [4.69, 9.17) is 5.11 Å². The van der Waals surface area contributed by atoms with E-state index in [1.54, 1.807) is 20.8 Å². The largest absolute Gasteiger partial charge is 0.481 e. The summed E-state index contributed by atoms with van der Waals surface area (Å²) in [5, 5.41) is 8.49. The molecule has 0 amide bonds. The highest BCUT2D eigenvalue weighted by Gasteiger charge is 2.45. The Morgan fingerprint density at radius 1 is 1.31 bits per heavy atom. The SMILES string of the molecule is CC(C)C(C)N(C)C(CC(=O)O)C(F)(F)F. The summed E-state index contributed by atoms with van der Waals surface area (Å²) in [5.74, 6) is -1.41. The van der Waals surface area contributed by atoms with Crippen LogP contribution in [0.3, 0.4) is 0 Å². The minimum absolute atomic E-state index is 0.0312. The van der Waals surface area contributed by atoms with Gasteiger partial charge in [0.25, 0.3) is 0 Å². The molecule has 16 heavy (non-hydrogen) atoms. The summed E-state index contributed by atoms with van der Waals surface area (Å²) in [5.41, 5.74) is 0. The fraction of sp³-hybridized carbons (Fsp3) is 0.900. The molecule has 2 unspecified atom stereocenters. The fourth-order valence-electron chi connectivity index (χ4n) is 1.41. The van der Waals surface area contributed by atoms with Crippen molar-refractivity contribution in [1.29, 1.82) is 0 Å². The second-order valence-electron chi connectivity index (χ2n) is 4.31. The summed E-state index contributed by atoms with van der Waals surface area (Å²) in [6.07, 6.45) is -5.44. The molecule has 0 spiro atoms. The quantitative estimate of drug-likeness (QED) is 0.803. The lowest BCUT2D eigenvalue weighted by Gasteiger charge is -2.35. The van der Waals surface area contributed by atoms with Gasteiger partial charge in [-0.1, -0.05) is 13.8 Å². The summed E-state index contributed by atoms with van der Waals surface area (Å²) in [6.45, 7) is 5.26. The third-order valence-corrected chi connectivity index (χ3v) is 2.84. The van der Waals surface area contributed by atoms with E-state index < -0.39 is 24.6 Å². The average Bonchev–Trinajstić information content (AvgIpc) is 2.09. The van der Waals surface area contributed by atoms with Gasteiger partial charge in [0.05, 0.1) is 6.42 Å². The summed E-state index contributed by atoms with van der Waals surface area (Å²) >= 11 is 0. The van der Waals surface area contributed by atoms with Crippen molar-refractivity contribution in [2.75, 3.05) is 7.05 Å². The van der Waals surface area contributed by atoms with Gasteiger partial charge in [0.1, 0.15) is 6.04 Å². The van der Waals surface area contributed by atoms with Crippen LogP contribution in [0, 0.1) is 5.92 Å². The third-order valence-electron chi connectivity index (χ3n) is 2.84. The predicted octanol–water partition coefficient (Wildman–Crippen LogP) is 2.37. The Balaban J connectivity index is 4.83. The molecule has 0 aromatic heterocycles. The zero-order valence-corrected chi connectivity index (χ0v) is 9.88.